The number of hydrogen-bond donors (Lipinski definition) is 2. The molecule has 0 atom stereocenters. The zero-order valence-electron chi connectivity index (χ0n) is 17.7. The lowest BCUT2D eigenvalue weighted by Crippen LogP contribution is -2.38. The van der Waals surface area contributed by atoms with Gasteiger partial charge in [-0.15, -0.1) is 0 Å². The number of alkyl halides is 3. The summed E-state index contributed by atoms with van der Waals surface area (Å²) in [7, 11) is 0. The molecule has 0 spiro atoms. The average molecular weight is 454 g/mol. The summed E-state index contributed by atoms with van der Waals surface area (Å²) in [5, 5.41) is 6.25. The maximum absolute atomic E-state index is 12.9. The van der Waals surface area contributed by atoms with Gasteiger partial charge in [0, 0.05) is 18.3 Å². The standard InChI is InChI=1S/C23H27ClF3N3O/c1-14-11-15(2)29-21(12-14)28-10-9-16-3-6-18(7-4-16)30-22(31)19-13-17(23(25,26)27)5-8-20(19)24/h5,8,11-13,16,18H,3-4,6-7,9-10H2,1-2H3,(H,28,29)(H,30,31). The first-order valence-corrected chi connectivity index (χ1v) is 10.9. The second-order valence-electron chi connectivity index (χ2n) is 8.27. The number of rotatable bonds is 6. The SMILES string of the molecule is Cc1cc(C)nc(NCCC2CCC(NC(=O)c3cc(C(F)(F)F)ccc3Cl)CC2)c1. The van der Waals surface area contributed by atoms with Crippen molar-refractivity contribution in [3.63, 3.8) is 0 Å². The molecule has 1 aliphatic rings. The minimum absolute atomic E-state index is 0.0188. The van der Waals surface area contributed by atoms with Crippen molar-refractivity contribution >= 4 is 23.3 Å². The van der Waals surface area contributed by atoms with Crippen molar-refractivity contribution < 1.29 is 18.0 Å². The molecule has 1 fully saturated rings. The van der Waals surface area contributed by atoms with Crippen LogP contribution < -0.4 is 10.6 Å². The molecule has 0 unspecified atom stereocenters. The molecule has 0 bridgehead atoms. The van der Waals surface area contributed by atoms with Crippen molar-refractivity contribution in [2.75, 3.05) is 11.9 Å². The molecule has 4 nitrogen and oxygen atoms in total. The van der Waals surface area contributed by atoms with Crippen LogP contribution in [0.2, 0.25) is 5.02 Å². The minimum atomic E-state index is -4.52. The predicted molar refractivity (Wildman–Crippen MR) is 116 cm³/mol. The van der Waals surface area contributed by atoms with Gasteiger partial charge in [0.1, 0.15) is 5.82 Å². The normalized spacial score (nSPS) is 19.2. The molecule has 0 radical (unpaired) electrons. The molecular weight excluding hydrogens is 427 g/mol. The molecule has 1 aromatic carbocycles. The predicted octanol–water partition coefficient (Wildman–Crippen LogP) is 6.16. The molecule has 168 valence electrons. The van der Waals surface area contributed by atoms with E-state index in [1.807, 2.05) is 26.0 Å². The largest absolute Gasteiger partial charge is 0.416 e. The molecule has 1 aromatic heterocycles. The van der Waals surface area contributed by atoms with E-state index in [-0.39, 0.29) is 16.6 Å². The van der Waals surface area contributed by atoms with Gasteiger partial charge in [0.2, 0.25) is 0 Å². The number of aryl methyl sites for hydroxylation is 2. The quantitative estimate of drug-likeness (QED) is 0.550. The van der Waals surface area contributed by atoms with Crippen LogP contribution in [0, 0.1) is 19.8 Å². The van der Waals surface area contributed by atoms with Gasteiger partial charge < -0.3 is 10.6 Å². The molecule has 3 rings (SSSR count). The summed E-state index contributed by atoms with van der Waals surface area (Å²) >= 11 is 5.97. The van der Waals surface area contributed by atoms with Crippen LogP contribution in [0.5, 0.6) is 0 Å². The highest BCUT2D eigenvalue weighted by Gasteiger charge is 2.32. The van der Waals surface area contributed by atoms with Gasteiger partial charge in [0.05, 0.1) is 16.1 Å². The molecule has 8 heteroatoms. The number of benzene rings is 1. The number of pyridine rings is 1. The van der Waals surface area contributed by atoms with Gasteiger partial charge >= 0.3 is 6.18 Å². The highest BCUT2D eigenvalue weighted by molar-refractivity contribution is 6.33. The fourth-order valence-electron chi connectivity index (χ4n) is 4.07. The first-order chi connectivity index (χ1) is 14.6. The maximum Gasteiger partial charge on any atom is 0.416 e. The smallest absolute Gasteiger partial charge is 0.370 e. The highest BCUT2D eigenvalue weighted by Crippen LogP contribution is 2.32. The molecule has 0 saturated heterocycles. The van der Waals surface area contributed by atoms with E-state index < -0.39 is 17.6 Å². The van der Waals surface area contributed by atoms with E-state index in [0.717, 1.165) is 68.4 Å². The van der Waals surface area contributed by atoms with Gasteiger partial charge in [-0.2, -0.15) is 13.2 Å². The fourth-order valence-corrected chi connectivity index (χ4v) is 4.27. The van der Waals surface area contributed by atoms with Gasteiger partial charge in [0.15, 0.2) is 0 Å². The van der Waals surface area contributed by atoms with Crippen LogP contribution in [0.25, 0.3) is 0 Å². The summed E-state index contributed by atoms with van der Waals surface area (Å²) in [4.78, 5) is 17.0. The van der Waals surface area contributed by atoms with Gasteiger partial charge in [-0.25, -0.2) is 4.98 Å². The van der Waals surface area contributed by atoms with E-state index in [1.165, 1.54) is 5.56 Å². The van der Waals surface area contributed by atoms with Crippen LogP contribution in [0.3, 0.4) is 0 Å². The monoisotopic (exact) mass is 453 g/mol. The highest BCUT2D eigenvalue weighted by atomic mass is 35.5. The molecule has 1 saturated carbocycles. The van der Waals surface area contributed by atoms with E-state index in [2.05, 4.69) is 15.6 Å². The van der Waals surface area contributed by atoms with Crippen LogP contribution in [-0.2, 0) is 6.18 Å². The fraction of sp³-hybridized carbons (Fsp3) is 0.478. The average Bonchev–Trinajstić information content (AvgIpc) is 2.68. The van der Waals surface area contributed by atoms with Crippen molar-refractivity contribution in [1.29, 1.82) is 0 Å². The third-order valence-electron chi connectivity index (χ3n) is 5.68. The third-order valence-corrected chi connectivity index (χ3v) is 6.01. The Balaban J connectivity index is 1.46. The summed E-state index contributed by atoms with van der Waals surface area (Å²) < 4.78 is 38.8. The van der Waals surface area contributed by atoms with Gasteiger partial charge in [-0.3, -0.25) is 4.79 Å². The summed E-state index contributed by atoms with van der Waals surface area (Å²) in [6.07, 6.45) is 0.0171. The Morgan fingerprint density at radius 3 is 2.48 bits per heavy atom. The topological polar surface area (TPSA) is 54.0 Å². The van der Waals surface area contributed by atoms with Crippen LogP contribution in [0.1, 0.15) is 59.3 Å². The number of nitrogens with one attached hydrogen (secondary N) is 2. The Morgan fingerprint density at radius 2 is 1.84 bits per heavy atom. The van der Waals surface area contributed by atoms with Crippen LogP contribution in [0.15, 0.2) is 30.3 Å². The van der Waals surface area contributed by atoms with Gasteiger partial charge in [-0.05, 0) is 87.8 Å². The number of amides is 1. The molecule has 1 amide bonds. The van der Waals surface area contributed by atoms with E-state index in [4.69, 9.17) is 11.6 Å². The Morgan fingerprint density at radius 1 is 1.13 bits per heavy atom. The number of carbonyl (C=O) groups excluding carboxylic acids is 1. The van der Waals surface area contributed by atoms with Crippen molar-refractivity contribution in [3.05, 3.63) is 57.7 Å². The Kier molecular flexibility index (Phi) is 7.46. The first kappa shape index (κ1) is 23.4. The zero-order chi connectivity index (χ0) is 22.6. The lowest BCUT2D eigenvalue weighted by Gasteiger charge is -2.29. The summed E-state index contributed by atoms with van der Waals surface area (Å²) in [6, 6.07) is 6.82. The van der Waals surface area contributed by atoms with Crippen molar-refractivity contribution in [2.45, 2.75) is 58.2 Å². The lowest BCUT2D eigenvalue weighted by molar-refractivity contribution is -0.137. The summed E-state index contributed by atoms with van der Waals surface area (Å²) in [5.41, 5.74) is 1.15. The number of halogens is 4. The van der Waals surface area contributed by atoms with Crippen LogP contribution in [0.4, 0.5) is 19.0 Å². The maximum atomic E-state index is 12.9. The van der Waals surface area contributed by atoms with E-state index in [0.29, 0.717) is 5.92 Å². The molecule has 0 aliphatic heterocycles. The number of carbonyl (C=O) groups is 1. The molecule has 2 N–H and O–H groups in total. The number of nitrogens with zero attached hydrogens (tertiary/aromatic N) is 1. The second-order valence-corrected chi connectivity index (χ2v) is 8.68. The molecular formula is C23H27ClF3N3O. The van der Waals surface area contributed by atoms with Crippen molar-refractivity contribution in [1.82, 2.24) is 10.3 Å². The lowest BCUT2D eigenvalue weighted by atomic mass is 9.84. The minimum Gasteiger partial charge on any atom is -0.370 e. The molecule has 2 aromatic rings. The summed E-state index contributed by atoms with van der Waals surface area (Å²) in [5.74, 6) is 0.877. The second kappa shape index (κ2) is 9.90. The van der Waals surface area contributed by atoms with Gasteiger partial charge in [-0.1, -0.05) is 11.6 Å². The first-order valence-electron chi connectivity index (χ1n) is 10.5. The Labute approximate surface area is 185 Å². The number of aromatic nitrogens is 1. The summed E-state index contributed by atoms with van der Waals surface area (Å²) in [6.45, 7) is 4.85. The zero-order valence-corrected chi connectivity index (χ0v) is 18.4. The molecule has 1 aliphatic carbocycles. The molecule has 1 heterocycles. The van der Waals surface area contributed by atoms with E-state index >= 15 is 0 Å². The van der Waals surface area contributed by atoms with E-state index in [9.17, 15) is 18.0 Å². The van der Waals surface area contributed by atoms with Gasteiger partial charge in [0.25, 0.3) is 5.91 Å². The van der Waals surface area contributed by atoms with Crippen LogP contribution in [-0.4, -0.2) is 23.5 Å². The van der Waals surface area contributed by atoms with Crippen LogP contribution >= 0.6 is 11.6 Å². The Hall–Kier alpha value is -2.28. The van der Waals surface area contributed by atoms with E-state index in [1.54, 1.807) is 0 Å². The third kappa shape index (κ3) is 6.60. The van der Waals surface area contributed by atoms with Crippen molar-refractivity contribution in [2.24, 2.45) is 5.92 Å². The van der Waals surface area contributed by atoms with Crippen molar-refractivity contribution in [3.8, 4) is 0 Å². The molecule has 31 heavy (non-hydrogen) atoms. The number of anilines is 1. The number of hydrogen-bond acceptors (Lipinski definition) is 3. The Bertz CT molecular complexity index is 905.